The zero-order valence-electron chi connectivity index (χ0n) is 29.3. The lowest BCUT2D eigenvalue weighted by Crippen LogP contribution is -2.70. The van der Waals surface area contributed by atoms with Crippen LogP contribution in [0.15, 0.2) is 22.3 Å². The van der Waals surface area contributed by atoms with Gasteiger partial charge in [0.05, 0.1) is 0 Å². The number of nitrogens with one attached hydrogen (secondary N) is 1. The molecule has 278 valence electrons. The fraction of sp³-hybridized carbons (Fsp3) is 0.676. The van der Waals surface area contributed by atoms with Crippen molar-refractivity contribution in [3.8, 4) is 0 Å². The predicted molar refractivity (Wildman–Crippen MR) is 191 cm³/mol. The molecule has 1 saturated heterocycles. The Balaban J connectivity index is 1.57. The van der Waals surface area contributed by atoms with E-state index in [1.165, 1.54) is 23.8 Å². The van der Waals surface area contributed by atoms with E-state index in [0.29, 0.717) is 18.6 Å². The summed E-state index contributed by atoms with van der Waals surface area (Å²) in [6.07, 6.45) is 13.1. The molecule has 0 spiro atoms. The van der Waals surface area contributed by atoms with Crippen molar-refractivity contribution < 1.29 is 43.0 Å². The smallest absolute Gasteiger partial charge is 0.355 e. The number of esters is 3. The van der Waals surface area contributed by atoms with Gasteiger partial charge in [-0.3, -0.25) is 24.1 Å². The van der Waals surface area contributed by atoms with Crippen molar-refractivity contribution in [2.45, 2.75) is 121 Å². The third kappa shape index (κ3) is 12.9. The molecular weight excluding hydrogens is 687 g/mol. The lowest BCUT2D eigenvalue weighted by molar-refractivity contribution is -0.167. The minimum absolute atomic E-state index is 0.0101. The van der Waals surface area contributed by atoms with Crippen LogP contribution in [0.25, 0.3) is 0 Å². The number of hydrogen-bond acceptors (Lipinski definition) is 14. The van der Waals surface area contributed by atoms with Crippen LogP contribution in [-0.2, 0) is 43.0 Å². The summed E-state index contributed by atoms with van der Waals surface area (Å²) in [7, 11) is 1.28. The van der Waals surface area contributed by atoms with Crippen molar-refractivity contribution in [2.75, 3.05) is 31.8 Å². The van der Waals surface area contributed by atoms with Crippen LogP contribution in [0.1, 0.15) is 109 Å². The molecule has 0 saturated carbocycles. The Labute approximate surface area is 302 Å². The normalized spacial score (nSPS) is 17.0. The van der Waals surface area contributed by atoms with E-state index in [1.54, 1.807) is 11.5 Å². The van der Waals surface area contributed by atoms with E-state index in [4.69, 9.17) is 24.8 Å². The zero-order valence-corrected chi connectivity index (χ0v) is 31.0. The molecule has 3 heterocycles. The highest BCUT2D eigenvalue weighted by Crippen LogP contribution is 2.38. The molecule has 2 aliphatic rings. The second kappa shape index (κ2) is 22.2. The average Bonchev–Trinajstić information content (AvgIpc) is 3.54. The lowest BCUT2D eigenvalue weighted by Gasteiger charge is -2.48. The van der Waals surface area contributed by atoms with Crippen LogP contribution < -0.4 is 11.1 Å². The number of nitrogens with two attached hydrogens (primary N) is 1. The molecule has 0 aromatic carbocycles. The Morgan fingerprint density at radius 3 is 2.08 bits per heavy atom. The summed E-state index contributed by atoms with van der Waals surface area (Å²) >= 11 is 2.47. The predicted octanol–water partition coefficient (Wildman–Crippen LogP) is 4.86. The summed E-state index contributed by atoms with van der Waals surface area (Å²) < 4.78 is 16.5. The zero-order chi connectivity index (χ0) is 36.3. The molecule has 50 heavy (non-hydrogen) atoms. The molecule has 1 fully saturated rings. The van der Waals surface area contributed by atoms with Crippen molar-refractivity contribution in [1.29, 1.82) is 0 Å². The Kier molecular flexibility index (Phi) is 18.1. The molecule has 14 nitrogen and oxygen atoms in total. The van der Waals surface area contributed by atoms with Crippen molar-refractivity contribution in [3.05, 3.63) is 22.8 Å². The number of thiazole rings is 1. The van der Waals surface area contributed by atoms with E-state index in [0.717, 1.165) is 75.5 Å². The largest absolute Gasteiger partial charge is 0.462 e. The molecule has 2 atom stereocenters. The van der Waals surface area contributed by atoms with Crippen LogP contribution in [0.5, 0.6) is 0 Å². The number of unbranched alkanes of at least 4 members (excludes halogenated alkanes) is 10. The van der Waals surface area contributed by atoms with Gasteiger partial charge >= 0.3 is 17.9 Å². The molecule has 0 bridgehead atoms. The van der Waals surface area contributed by atoms with Gasteiger partial charge in [0.1, 0.15) is 43.1 Å². The maximum Gasteiger partial charge on any atom is 0.355 e. The van der Waals surface area contributed by atoms with Crippen molar-refractivity contribution >= 4 is 63.7 Å². The molecule has 16 heteroatoms. The second-order valence-electron chi connectivity index (χ2n) is 12.1. The first kappa shape index (κ1) is 40.8. The molecule has 1 aromatic heterocycles. The number of anilines is 1. The number of nitrogens with zero attached hydrogens (tertiary/aromatic N) is 3. The number of thioether (sulfide) groups is 1. The third-order valence-corrected chi connectivity index (χ3v) is 9.96. The van der Waals surface area contributed by atoms with Gasteiger partial charge in [0.15, 0.2) is 16.9 Å². The molecule has 2 aliphatic heterocycles. The maximum atomic E-state index is 13.4. The van der Waals surface area contributed by atoms with E-state index in [9.17, 15) is 24.0 Å². The number of aromatic nitrogens is 1. The van der Waals surface area contributed by atoms with Gasteiger partial charge in [-0.25, -0.2) is 9.78 Å². The summed E-state index contributed by atoms with van der Waals surface area (Å²) in [5.41, 5.74) is 5.73. The van der Waals surface area contributed by atoms with Crippen LogP contribution in [-0.4, -0.2) is 88.9 Å². The number of fused-ring (bicyclic) bond motifs is 1. The van der Waals surface area contributed by atoms with Gasteiger partial charge < -0.3 is 30.1 Å². The van der Waals surface area contributed by atoms with Crippen molar-refractivity contribution in [3.63, 3.8) is 0 Å². The van der Waals surface area contributed by atoms with E-state index in [1.807, 2.05) is 0 Å². The molecule has 0 radical (unpaired) electrons. The lowest BCUT2D eigenvalue weighted by atomic mass is 10.0. The molecule has 3 N–H and O–H groups in total. The van der Waals surface area contributed by atoms with Crippen molar-refractivity contribution in [2.24, 2.45) is 5.16 Å². The number of carbonyl (C=O) groups is 5. The first-order valence-electron chi connectivity index (χ1n) is 17.5. The number of ether oxygens (including phenoxy) is 3. The van der Waals surface area contributed by atoms with Crippen LogP contribution in [0.2, 0.25) is 0 Å². The summed E-state index contributed by atoms with van der Waals surface area (Å²) in [5.74, 6) is -2.56. The molecule has 2 amide bonds. The number of β-lactam (4-membered cyclic amide) rings is 1. The molecule has 1 unspecified atom stereocenters. The Morgan fingerprint density at radius 2 is 1.54 bits per heavy atom. The van der Waals surface area contributed by atoms with Gasteiger partial charge in [0.25, 0.3) is 11.8 Å². The highest BCUT2D eigenvalue weighted by atomic mass is 32.2. The third-order valence-electron chi connectivity index (χ3n) is 8.11. The number of nitrogen functional groups attached to an aromatic ring is 1. The summed E-state index contributed by atoms with van der Waals surface area (Å²) in [6.45, 7) is 3.69. The minimum Gasteiger partial charge on any atom is -0.462 e. The standard InChI is InChI=1S/C34H51N5O9S2/c1-4-6-8-10-12-14-16-26(40)46-20-23(21-47-27(41)17-15-13-11-9-7-5-2)48-33(44)25-18-19-49-32-29(31(43)39(25)32)37-30(42)28(38-45-3)24-22-50-34(35)36-24/h18,22-23,29,32H,4-17,19-21H2,1-3H3,(H2,35,36)(H,37,42)/t29?,32-/m1/s1. The monoisotopic (exact) mass is 737 g/mol. The fourth-order valence-corrected chi connectivity index (χ4v) is 7.12. The molecular formula is C34H51N5O9S2. The number of oxime groups is 1. The molecule has 0 aliphatic carbocycles. The summed E-state index contributed by atoms with van der Waals surface area (Å²) in [6, 6.07) is -0.955. The Morgan fingerprint density at radius 1 is 0.960 bits per heavy atom. The quantitative estimate of drug-likeness (QED) is 0.0367. The Bertz CT molecular complexity index is 1320. The minimum atomic E-state index is -1.08. The van der Waals surface area contributed by atoms with E-state index in [-0.39, 0.29) is 48.3 Å². The average molecular weight is 738 g/mol. The van der Waals surface area contributed by atoms with Gasteiger partial charge in [0.2, 0.25) is 0 Å². The number of hydrogen-bond donors (Lipinski definition) is 2. The van der Waals surface area contributed by atoms with Crippen molar-refractivity contribution in [1.82, 2.24) is 15.2 Å². The number of carbonyl (C=O) groups excluding carboxylic acids is 5. The van der Waals surface area contributed by atoms with E-state index in [2.05, 4.69) is 29.3 Å². The molecule has 3 rings (SSSR count). The highest BCUT2D eigenvalue weighted by Gasteiger charge is 2.53. The van der Waals surface area contributed by atoms with Crippen LogP contribution >= 0.6 is 23.1 Å². The first-order valence-corrected chi connectivity index (χ1v) is 19.4. The van der Waals surface area contributed by atoms with Gasteiger partial charge in [-0.15, -0.1) is 23.1 Å². The van der Waals surface area contributed by atoms with Gasteiger partial charge in [-0.2, -0.15) is 0 Å². The maximum absolute atomic E-state index is 13.4. The van der Waals surface area contributed by atoms with E-state index < -0.39 is 47.2 Å². The SMILES string of the molecule is CCCCCCCCC(=O)OCC(COC(=O)CCCCCCCC)OC(=O)C1=CCS[C@@H]2C(NC(=O)C(=NOC)c3csc(N)n3)C(=O)N12. The number of amides is 2. The summed E-state index contributed by atoms with van der Waals surface area (Å²) in [5, 5.41) is 7.59. The van der Waals surface area contributed by atoms with Gasteiger partial charge in [-0.05, 0) is 18.9 Å². The number of rotatable bonds is 24. The first-order chi connectivity index (χ1) is 24.2. The van der Waals surface area contributed by atoms with E-state index >= 15 is 0 Å². The topological polar surface area (TPSA) is 189 Å². The molecule has 1 aromatic rings. The van der Waals surface area contributed by atoms with Gasteiger partial charge in [0, 0.05) is 24.0 Å². The van der Waals surface area contributed by atoms with Crippen LogP contribution in [0.3, 0.4) is 0 Å². The summed E-state index contributed by atoms with van der Waals surface area (Å²) in [4.78, 5) is 74.8. The van der Waals surface area contributed by atoms with Gasteiger partial charge in [-0.1, -0.05) is 83.2 Å². The van der Waals surface area contributed by atoms with Crippen LogP contribution in [0.4, 0.5) is 5.13 Å². The Hall–Kier alpha value is -3.66. The second-order valence-corrected chi connectivity index (χ2v) is 14.1. The fourth-order valence-electron chi connectivity index (χ4n) is 5.37. The highest BCUT2D eigenvalue weighted by molar-refractivity contribution is 8.00. The van der Waals surface area contributed by atoms with Crippen LogP contribution in [0, 0.1) is 0 Å².